The van der Waals surface area contributed by atoms with Gasteiger partial charge in [0, 0.05) is 6.42 Å². The molecule has 2 aliphatic heterocycles. The summed E-state index contributed by atoms with van der Waals surface area (Å²) in [5.74, 6) is -0.262. The molecule has 12 unspecified atom stereocenters. The highest BCUT2D eigenvalue weighted by Gasteiger charge is 2.51. The van der Waals surface area contributed by atoms with Gasteiger partial charge >= 0.3 is 0 Å². The lowest BCUT2D eigenvalue weighted by atomic mass is 9.97. The molecular formula is C64H117NO13. The number of nitrogens with one attached hydrogen (secondary N) is 1. The fourth-order valence-corrected chi connectivity index (χ4v) is 10.3. The smallest absolute Gasteiger partial charge is 0.220 e. The lowest BCUT2D eigenvalue weighted by Gasteiger charge is -2.46. The van der Waals surface area contributed by atoms with Crippen LogP contribution in [0.4, 0.5) is 0 Å². The Morgan fingerprint density at radius 1 is 0.462 bits per heavy atom. The fraction of sp³-hybridized carbons (Fsp3) is 0.859. The largest absolute Gasteiger partial charge is 0.394 e. The zero-order valence-electron chi connectivity index (χ0n) is 49.2. The van der Waals surface area contributed by atoms with E-state index in [1.165, 1.54) is 167 Å². The highest BCUT2D eigenvalue weighted by atomic mass is 16.7. The van der Waals surface area contributed by atoms with Crippen molar-refractivity contribution < 1.29 is 64.6 Å². The van der Waals surface area contributed by atoms with Crippen LogP contribution >= 0.6 is 0 Å². The molecule has 9 N–H and O–H groups in total. The Bertz CT molecular complexity index is 1490. The summed E-state index contributed by atoms with van der Waals surface area (Å²) in [6.45, 7) is 2.76. The highest BCUT2D eigenvalue weighted by molar-refractivity contribution is 5.76. The van der Waals surface area contributed by atoms with Gasteiger partial charge in [-0.05, 0) is 64.2 Å². The summed E-state index contributed by atoms with van der Waals surface area (Å²) in [6, 6.07) is -0.940. The molecule has 0 aromatic heterocycles. The quantitative estimate of drug-likeness (QED) is 0.0204. The summed E-state index contributed by atoms with van der Waals surface area (Å²) in [4.78, 5) is 13.2. The molecule has 12 atom stereocenters. The fourth-order valence-electron chi connectivity index (χ4n) is 10.3. The van der Waals surface area contributed by atoms with E-state index < -0.39 is 86.8 Å². The molecule has 2 heterocycles. The number of rotatable bonds is 51. The second-order valence-corrected chi connectivity index (χ2v) is 22.5. The number of ether oxygens (including phenoxy) is 4. The Labute approximate surface area is 473 Å². The monoisotopic (exact) mass is 1110 g/mol. The summed E-state index contributed by atoms with van der Waals surface area (Å²) in [5, 5.41) is 87.1. The first-order valence-electron chi connectivity index (χ1n) is 31.9. The predicted octanol–water partition coefficient (Wildman–Crippen LogP) is 11.6. The molecule has 0 bridgehead atoms. The van der Waals surface area contributed by atoms with Crippen molar-refractivity contribution in [2.24, 2.45) is 0 Å². The van der Waals surface area contributed by atoms with Gasteiger partial charge in [0.15, 0.2) is 12.6 Å². The number of carbonyl (C=O) groups excluding carboxylic acids is 1. The van der Waals surface area contributed by atoms with Crippen molar-refractivity contribution in [1.82, 2.24) is 5.32 Å². The SMILES string of the molecule is CCCCC/C=C\C/C=C\CCCCCCCC(=O)NC(COC1OC(CO)C(OC2OC(CO)C(O)C(O)C2O)C(O)C1O)C(O)/C=C/CC/C=C/CCCCCCCCCCCCCCCCCCCCCCCCC. The van der Waals surface area contributed by atoms with E-state index in [0.717, 1.165) is 57.8 Å². The number of hydrogen-bond donors (Lipinski definition) is 9. The summed E-state index contributed by atoms with van der Waals surface area (Å²) < 4.78 is 22.8. The van der Waals surface area contributed by atoms with Crippen LogP contribution in [0.15, 0.2) is 48.6 Å². The highest BCUT2D eigenvalue weighted by Crippen LogP contribution is 2.30. The van der Waals surface area contributed by atoms with Crippen molar-refractivity contribution in [2.45, 2.75) is 331 Å². The third-order valence-corrected chi connectivity index (χ3v) is 15.5. The van der Waals surface area contributed by atoms with Gasteiger partial charge in [-0.3, -0.25) is 4.79 Å². The summed E-state index contributed by atoms with van der Waals surface area (Å²) >= 11 is 0. The minimum absolute atomic E-state index is 0.257. The Morgan fingerprint density at radius 2 is 0.859 bits per heavy atom. The molecular weight excluding hydrogens is 991 g/mol. The average molecular weight is 1110 g/mol. The van der Waals surface area contributed by atoms with Crippen LogP contribution in [-0.2, 0) is 23.7 Å². The number of amides is 1. The molecule has 2 aliphatic rings. The van der Waals surface area contributed by atoms with Crippen molar-refractivity contribution in [3.63, 3.8) is 0 Å². The van der Waals surface area contributed by atoms with Gasteiger partial charge in [-0.2, -0.15) is 0 Å². The zero-order chi connectivity index (χ0) is 56.7. The first-order valence-corrected chi connectivity index (χ1v) is 31.9. The molecule has 1 amide bonds. The van der Waals surface area contributed by atoms with Crippen molar-refractivity contribution in [1.29, 1.82) is 0 Å². The Morgan fingerprint density at radius 3 is 1.36 bits per heavy atom. The van der Waals surface area contributed by atoms with E-state index in [0.29, 0.717) is 12.8 Å². The molecule has 14 nitrogen and oxygen atoms in total. The third-order valence-electron chi connectivity index (χ3n) is 15.5. The maximum atomic E-state index is 13.2. The van der Waals surface area contributed by atoms with Crippen molar-refractivity contribution >= 4 is 5.91 Å². The molecule has 456 valence electrons. The molecule has 0 saturated carbocycles. The number of aliphatic hydroxyl groups excluding tert-OH is 8. The minimum atomic E-state index is -1.79. The first kappa shape index (κ1) is 72.1. The standard InChI is InChI=1S/C64H117NO13/c1-3-5-7-9-11-13-15-17-19-20-21-22-23-24-25-26-27-28-29-30-31-32-34-35-37-39-41-43-45-47-53(68)52(65-56(69)48-46-44-42-40-38-36-33-18-16-14-12-10-8-6-4-2)51-75-63-61(74)59(72)62(55(50-67)77-63)78-64-60(73)58(71)57(70)54(49-66)76-64/h12,14,18,33,37,39,45,47,52-55,57-64,66-68,70-74H,3-11,13,15-17,19-32,34-36,38,40-44,46,48-51H2,1-2H3,(H,65,69)/b14-12-,33-18-,39-37+,47-45+. The van der Waals surface area contributed by atoms with Crippen molar-refractivity contribution in [3.05, 3.63) is 48.6 Å². The number of aliphatic hydroxyl groups is 8. The second kappa shape index (κ2) is 49.5. The van der Waals surface area contributed by atoms with Gasteiger partial charge in [-0.1, -0.05) is 236 Å². The van der Waals surface area contributed by atoms with E-state index in [1.807, 2.05) is 6.08 Å². The predicted molar refractivity (Wildman–Crippen MR) is 314 cm³/mol. The van der Waals surface area contributed by atoms with Crippen molar-refractivity contribution in [3.8, 4) is 0 Å². The molecule has 0 aromatic rings. The molecule has 2 fully saturated rings. The lowest BCUT2D eigenvalue weighted by Crippen LogP contribution is -2.65. The summed E-state index contributed by atoms with van der Waals surface area (Å²) in [5.41, 5.74) is 0. The third kappa shape index (κ3) is 34.4. The number of unbranched alkanes of at least 4 members (excludes halogenated alkanes) is 32. The first-order chi connectivity index (χ1) is 38.1. The molecule has 2 rings (SSSR count). The maximum absolute atomic E-state index is 13.2. The zero-order valence-corrected chi connectivity index (χ0v) is 49.2. The number of allylic oxidation sites excluding steroid dienone is 7. The minimum Gasteiger partial charge on any atom is -0.394 e. The summed E-state index contributed by atoms with van der Waals surface area (Å²) in [7, 11) is 0. The van der Waals surface area contributed by atoms with E-state index >= 15 is 0 Å². The van der Waals surface area contributed by atoms with E-state index in [9.17, 15) is 45.6 Å². The van der Waals surface area contributed by atoms with Gasteiger partial charge in [0.25, 0.3) is 0 Å². The van der Waals surface area contributed by atoms with Gasteiger partial charge in [-0.15, -0.1) is 0 Å². The normalized spacial score (nSPS) is 24.8. The van der Waals surface area contributed by atoms with Crippen LogP contribution < -0.4 is 5.32 Å². The van der Waals surface area contributed by atoms with Crippen molar-refractivity contribution in [2.75, 3.05) is 19.8 Å². The summed E-state index contributed by atoms with van der Waals surface area (Å²) in [6.07, 6.45) is 46.0. The van der Waals surface area contributed by atoms with Gasteiger partial charge in [-0.25, -0.2) is 0 Å². The molecule has 0 aromatic carbocycles. The maximum Gasteiger partial charge on any atom is 0.220 e. The number of hydrogen-bond acceptors (Lipinski definition) is 13. The van der Waals surface area contributed by atoms with Gasteiger partial charge < -0.3 is 65.1 Å². The average Bonchev–Trinajstić information content (AvgIpc) is 3.48. The Kier molecular flexibility index (Phi) is 45.8. The molecule has 14 heteroatoms. The van der Waals surface area contributed by atoms with Crippen LogP contribution in [-0.4, -0.2) is 140 Å². The number of carbonyl (C=O) groups is 1. The Balaban J connectivity index is 1.72. The van der Waals surface area contributed by atoms with Gasteiger partial charge in [0.2, 0.25) is 5.91 Å². The molecule has 0 radical (unpaired) electrons. The topological polar surface area (TPSA) is 228 Å². The van der Waals surface area contributed by atoms with Crippen LogP contribution in [0.25, 0.3) is 0 Å². The molecule has 0 spiro atoms. The molecule has 2 saturated heterocycles. The van der Waals surface area contributed by atoms with E-state index in [2.05, 4.69) is 55.6 Å². The van der Waals surface area contributed by atoms with E-state index in [1.54, 1.807) is 6.08 Å². The van der Waals surface area contributed by atoms with E-state index in [-0.39, 0.29) is 18.9 Å². The molecule has 0 aliphatic carbocycles. The van der Waals surface area contributed by atoms with Crippen LogP contribution in [0.2, 0.25) is 0 Å². The van der Waals surface area contributed by atoms with E-state index in [4.69, 9.17) is 18.9 Å². The van der Waals surface area contributed by atoms with Crippen LogP contribution in [0, 0.1) is 0 Å². The second-order valence-electron chi connectivity index (χ2n) is 22.5. The van der Waals surface area contributed by atoms with Crippen LogP contribution in [0.1, 0.15) is 258 Å². The van der Waals surface area contributed by atoms with Gasteiger partial charge in [0.05, 0.1) is 32.0 Å². The van der Waals surface area contributed by atoms with Gasteiger partial charge in [0.1, 0.15) is 48.8 Å². The molecule has 78 heavy (non-hydrogen) atoms. The van der Waals surface area contributed by atoms with Crippen LogP contribution in [0.5, 0.6) is 0 Å². The van der Waals surface area contributed by atoms with Crippen LogP contribution in [0.3, 0.4) is 0 Å². The lowest BCUT2D eigenvalue weighted by molar-refractivity contribution is -0.359. The Hall–Kier alpha value is -2.05.